The molecule has 0 amide bonds. The molecule has 25 heavy (non-hydrogen) atoms. The van der Waals surface area contributed by atoms with Crippen molar-refractivity contribution >= 4 is 11.6 Å². The van der Waals surface area contributed by atoms with Gasteiger partial charge in [0.2, 0.25) is 0 Å². The van der Waals surface area contributed by atoms with Gasteiger partial charge in [-0.05, 0) is 25.0 Å². The van der Waals surface area contributed by atoms with Gasteiger partial charge in [-0.25, -0.2) is 9.97 Å². The molecule has 7 heteroatoms. The smallest absolute Gasteiger partial charge is 0.134 e. The Morgan fingerprint density at radius 3 is 3.00 bits per heavy atom. The number of aromatic nitrogens is 2. The molecule has 0 saturated carbocycles. The summed E-state index contributed by atoms with van der Waals surface area (Å²) in [6.07, 6.45) is 3.62. The maximum Gasteiger partial charge on any atom is 0.134 e. The molecule has 1 saturated heterocycles. The first-order chi connectivity index (χ1) is 12.3. The maximum absolute atomic E-state index is 9.46. The first-order valence-electron chi connectivity index (χ1n) is 8.50. The summed E-state index contributed by atoms with van der Waals surface area (Å²) in [5, 5.41) is 12.7. The minimum Gasteiger partial charge on any atom is -0.497 e. The zero-order valence-electron chi connectivity index (χ0n) is 14.4. The van der Waals surface area contributed by atoms with Crippen molar-refractivity contribution in [3.05, 3.63) is 36.7 Å². The zero-order chi connectivity index (χ0) is 17.5. The summed E-state index contributed by atoms with van der Waals surface area (Å²) in [6, 6.07) is 9.59. The zero-order valence-corrected chi connectivity index (χ0v) is 14.4. The van der Waals surface area contributed by atoms with Gasteiger partial charge in [0.25, 0.3) is 0 Å². The van der Waals surface area contributed by atoms with Crippen LogP contribution in [0, 0.1) is 0 Å². The van der Waals surface area contributed by atoms with E-state index in [0.717, 1.165) is 42.5 Å². The summed E-state index contributed by atoms with van der Waals surface area (Å²) in [6.45, 7) is 2.20. The Kier molecular flexibility index (Phi) is 5.90. The van der Waals surface area contributed by atoms with Crippen molar-refractivity contribution in [1.82, 2.24) is 9.97 Å². The van der Waals surface area contributed by atoms with Crippen LogP contribution < -0.4 is 19.7 Å². The van der Waals surface area contributed by atoms with E-state index in [4.69, 9.17) is 9.47 Å². The molecule has 134 valence electrons. The average molecular weight is 344 g/mol. The highest BCUT2D eigenvalue weighted by atomic mass is 16.5. The number of benzene rings is 1. The van der Waals surface area contributed by atoms with Crippen LogP contribution in [0.2, 0.25) is 0 Å². The first-order valence-corrected chi connectivity index (χ1v) is 8.50. The second kappa shape index (κ2) is 8.53. The van der Waals surface area contributed by atoms with Gasteiger partial charge in [0, 0.05) is 18.7 Å². The number of methoxy groups -OCH3 is 1. The topological polar surface area (TPSA) is 79.7 Å². The molecule has 0 spiro atoms. The molecule has 1 aromatic heterocycles. The number of hydrogen-bond acceptors (Lipinski definition) is 7. The van der Waals surface area contributed by atoms with Gasteiger partial charge in [-0.1, -0.05) is 6.07 Å². The lowest BCUT2D eigenvalue weighted by atomic mass is 10.2. The molecule has 2 N–H and O–H groups in total. The number of anilines is 2. The minimum absolute atomic E-state index is 0.152. The van der Waals surface area contributed by atoms with E-state index in [0.29, 0.717) is 13.2 Å². The van der Waals surface area contributed by atoms with Crippen LogP contribution in [-0.2, 0) is 0 Å². The summed E-state index contributed by atoms with van der Waals surface area (Å²) in [5.74, 6) is 3.15. The van der Waals surface area contributed by atoms with Crippen molar-refractivity contribution in [3.63, 3.8) is 0 Å². The SMILES string of the molecule is COc1cccc(OCCNc2cc(N3CCC[C@@H]3CO)ncn2)c1. The van der Waals surface area contributed by atoms with Crippen molar-refractivity contribution in [2.24, 2.45) is 0 Å². The Bertz CT molecular complexity index is 683. The fraction of sp³-hybridized carbons (Fsp3) is 0.444. The third kappa shape index (κ3) is 4.51. The number of hydrogen-bond donors (Lipinski definition) is 2. The van der Waals surface area contributed by atoms with Crippen molar-refractivity contribution in [2.45, 2.75) is 18.9 Å². The van der Waals surface area contributed by atoms with Crippen LogP contribution in [0.1, 0.15) is 12.8 Å². The summed E-state index contributed by atoms with van der Waals surface area (Å²) in [7, 11) is 1.63. The first kappa shape index (κ1) is 17.3. The van der Waals surface area contributed by atoms with E-state index >= 15 is 0 Å². The number of aliphatic hydroxyl groups excluding tert-OH is 1. The summed E-state index contributed by atoms with van der Waals surface area (Å²) in [5.41, 5.74) is 0. The van der Waals surface area contributed by atoms with Gasteiger partial charge in [0.15, 0.2) is 0 Å². The number of aliphatic hydroxyl groups is 1. The Hall–Kier alpha value is -2.54. The fourth-order valence-corrected chi connectivity index (χ4v) is 2.97. The summed E-state index contributed by atoms with van der Waals surface area (Å²) in [4.78, 5) is 10.7. The summed E-state index contributed by atoms with van der Waals surface area (Å²) >= 11 is 0. The van der Waals surface area contributed by atoms with E-state index in [1.807, 2.05) is 30.3 Å². The van der Waals surface area contributed by atoms with Crippen LogP contribution in [0.25, 0.3) is 0 Å². The van der Waals surface area contributed by atoms with Crippen LogP contribution in [0.5, 0.6) is 11.5 Å². The molecule has 0 radical (unpaired) electrons. The normalized spacial score (nSPS) is 16.7. The molecule has 2 aromatic rings. The molecular weight excluding hydrogens is 320 g/mol. The number of nitrogens with one attached hydrogen (secondary N) is 1. The third-order valence-electron chi connectivity index (χ3n) is 4.25. The lowest BCUT2D eigenvalue weighted by Gasteiger charge is -2.24. The van der Waals surface area contributed by atoms with E-state index in [-0.39, 0.29) is 12.6 Å². The van der Waals surface area contributed by atoms with Crippen LogP contribution in [-0.4, -0.2) is 54.5 Å². The van der Waals surface area contributed by atoms with Gasteiger partial charge in [-0.3, -0.25) is 0 Å². The average Bonchev–Trinajstić information content (AvgIpc) is 3.14. The molecular formula is C18H24N4O3. The quantitative estimate of drug-likeness (QED) is 0.708. The Morgan fingerprint density at radius 2 is 2.16 bits per heavy atom. The molecule has 1 aromatic carbocycles. The highest BCUT2D eigenvalue weighted by molar-refractivity contribution is 5.49. The Balaban J connectivity index is 1.51. The molecule has 7 nitrogen and oxygen atoms in total. The van der Waals surface area contributed by atoms with Gasteiger partial charge in [-0.15, -0.1) is 0 Å². The maximum atomic E-state index is 9.46. The lowest BCUT2D eigenvalue weighted by molar-refractivity contribution is 0.266. The van der Waals surface area contributed by atoms with Gasteiger partial charge < -0.3 is 24.8 Å². The monoisotopic (exact) mass is 344 g/mol. The van der Waals surface area contributed by atoms with Gasteiger partial charge in [0.05, 0.1) is 26.3 Å². The molecule has 1 aliphatic rings. The molecule has 1 aliphatic heterocycles. The van der Waals surface area contributed by atoms with Crippen molar-refractivity contribution < 1.29 is 14.6 Å². The van der Waals surface area contributed by atoms with Crippen LogP contribution in [0.3, 0.4) is 0 Å². The number of ether oxygens (including phenoxy) is 2. The number of nitrogens with zero attached hydrogens (tertiary/aromatic N) is 3. The largest absolute Gasteiger partial charge is 0.497 e. The molecule has 1 fully saturated rings. The van der Waals surface area contributed by atoms with Gasteiger partial charge >= 0.3 is 0 Å². The van der Waals surface area contributed by atoms with E-state index < -0.39 is 0 Å². The minimum atomic E-state index is 0.152. The molecule has 0 unspecified atom stereocenters. The predicted molar refractivity (Wildman–Crippen MR) is 96.5 cm³/mol. The third-order valence-corrected chi connectivity index (χ3v) is 4.25. The Labute approximate surface area is 147 Å². The van der Waals surface area contributed by atoms with E-state index in [9.17, 15) is 5.11 Å². The van der Waals surface area contributed by atoms with Crippen LogP contribution >= 0.6 is 0 Å². The summed E-state index contributed by atoms with van der Waals surface area (Å²) < 4.78 is 10.9. The molecule has 2 heterocycles. The second-order valence-corrected chi connectivity index (χ2v) is 5.89. The molecule has 1 atom stereocenters. The van der Waals surface area contributed by atoms with E-state index in [1.54, 1.807) is 13.4 Å². The van der Waals surface area contributed by atoms with E-state index in [2.05, 4.69) is 20.2 Å². The lowest BCUT2D eigenvalue weighted by Crippen LogP contribution is -2.32. The van der Waals surface area contributed by atoms with Crippen molar-refractivity contribution in [1.29, 1.82) is 0 Å². The fourth-order valence-electron chi connectivity index (χ4n) is 2.97. The van der Waals surface area contributed by atoms with Gasteiger partial charge in [-0.2, -0.15) is 0 Å². The highest BCUT2D eigenvalue weighted by Gasteiger charge is 2.25. The molecule has 3 rings (SSSR count). The van der Waals surface area contributed by atoms with Crippen LogP contribution in [0.15, 0.2) is 36.7 Å². The second-order valence-electron chi connectivity index (χ2n) is 5.89. The van der Waals surface area contributed by atoms with Crippen molar-refractivity contribution in [3.8, 4) is 11.5 Å². The molecule has 0 aliphatic carbocycles. The van der Waals surface area contributed by atoms with Crippen molar-refractivity contribution in [2.75, 3.05) is 43.6 Å². The van der Waals surface area contributed by atoms with E-state index in [1.165, 1.54) is 0 Å². The Morgan fingerprint density at radius 1 is 1.28 bits per heavy atom. The number of rotatable bonds is 8. The van der Waals surface area contributed by atoms with Gasteiger partial charge in [0.1, 0.15) is 36.1 Å². The molecule has 0 bridgehead atoms. The highest BCUT2D eigenvalue weighted by Crippen LogP contribution is 2.24. The standard InChI is InChI=1S/C18H24N4O3/c1-24-15-5-2-6-16(10-15)25-9-7-19-17-11-18(21-13-20-17)22-8-3-4-14(22)12-23/h2,5-6,10-11,13-14,23H,3-4,7-9,12H2,1H3,(H,19,20,21)/t14-/m1/s1. The predicted octanol–water partition coefficient (Wildman–Crippen LogP) is 1.94. The van der Waals surface area contributed by atoms with Crippen LogP contribution in [0.4, 0.5) is 11.6 Å².